The Labute approximate surface area is 121 Å². The maximum absolute atomic E-state index is 13.9. The molecule has 1 aliphatic rings. The molecule has 0 aliphatic heterocycles. The molecule has 0 saturated heterocycles. The first-order valence-electron chi connectivity index (χ1n) is 6.72. The predicted molar refractivity (Wildman–Crippen MR) is 75.7 cm³/mol. The van der Waals surface area contributed by atoms with Crippen LogP contribution in [0, 0.1) is 12.7 Å². The van der Waals surface area contributed by atoms with Gasteiger partial charge >= 0.3 is 0 Å². The minimum Gasteiger partial charge on any atom is -0.346 e. The highest BCUT2D eigenvalue weighted by Gasteiger charge is 2.32. The van der Waals surface area contributed by atoms with Gasteiger partial charge in [-0.3, -0.25) is 14.4 Å². The first-order chi connectivity index (χ1) is 9.81. The molecule has 0 bridgehead atoms. The molecule has 1 aromatic carbocycles. The summed E-state index contributed by atoms with van der Waals surface area (Å²) >= 11 is 0. The monoisotopic (exact) mass is 292 g/mol. The topological polar surface area (TPSA) is 75.3 Å². The number of rotatable bonds is 2. The summed E-state index contributed by atoms with van der Waals surface area (Å²) in [5, 5.41) is 5.08. The lowest BCUT2D eigenvalue weighted by atomic mass is 9.83. The van der Waals surface area contributed by atoms with Crippen LogP contribution in [0.3, 0.4) is 0 Å². The molecule has 2 rings (SSSR count). The molecule has 1 aromatic rings. The fraction of sp³-hybridized carbons (Fsp3) is 0.400. The molecule has 0 aromatic heterocycles. The lowest BCUT2D eigenvalue weighted by Gasteiger charge is -2.27. The van der Waals surface area contributed by atoms with Crippen LogP contribution in [0.25, 0.3) is 0 Å². The molecule has 0 saturated carbocycles. The summed E-state index contributed by atoms with van der Waals surface area (Å²) < 4.78 is 13.9. The summed E-state index contributed by atoms with van der Waals surface area (Å²) in [6, 6.07) is 0.524. The fourth-order valence-electron chi connectivity index (χ4n) is 2.66. The van der Waals surface area contributed by atoms with Gasteiger partial charge < -0.3 is 10.6 Å². The van der Waals surface area contributed by atoms with E-state index in [1.54, 1.807) is 6.92 Å². The summed E-state index contributed by atoms with van der Waals surface area (Å²) in [7, 11) is 0. The first kappa shape index (κ1) is 15.2. The lowest BCUT2D eigenvalue weighted by Crippen LogP contribution is -2.43. The van der Waals surface area contributed by atoms with E-state index < -0.39 is 11.9 Å². The summed E-state index contributed by atoms with van der Waals surface area (Å²) in [6.07, 6.45) is 0.900. The van der Waals surface area contributed by atoms with Gasteiger partial charge in [0.2, 0.25) is 11.8 Å². The normalized spacial score (nSPS) is 17.1. The molecule has 2 N–H and O–H groups in total. The number of halogens is 1. The molecule has 112 valence electrons. The van der Waals surface area contributed by atoms with Gasteiger partial charge in [-0.05, 0) is 37.0 Å². The second kappa shape index (κ2) is 5.63. The van der Waals surface area contributed by atoms with Crippen LogP contribution < -0.4 is 10.6 Å². The average molecular weight is 292 g/mol. The van der Waals surface area contributed by atoms with Crippen LogP contribution in [0.2, 0.25) is 0 Å². The number of benzene rings is 1. The molecule has 0 spiro atoms. The van der Waals surface area contributed by atoms with Crippen molar-refractivity contribution in [2.24, 2.45) is 0 Å². The van der Waals surface area contributed by atoms with Gasteiger partial charge in [-0.2, -0.15) is 0 Å². The van der Waals surface area contributed by atoms with Crippen molar-refractivity contribution in [1.82, 2.24) is 5.32 Å². The molecule has 0 radical (unpaired) electrons. The van der Waals surface area contributed by atoms with Crippen LogP contribution in [0.1, 0.15) is 41.8 Å². The highest BCUT2D eigenvalue weighted by molar-refractivity contribution is 6.10. The fourth-order valence-corrected chi connectivity index (χ4v) is 2.66. The van der Waals surface area contributed by atoms with Crippen LogP contribution in [0.15, 0.2) is 6.07 Å². The van der Waals surface area contributed by atoms with Crippen molar-refractivity contribution in [3.63, 3.8) is 0 Å². The second-order valence-electron chi connectivity index (χ2n) is 5.22. The Morgan fingerprint density at radius 1 is 1.29 bits per heavy atom. The van der Waals surface area contributed by atoms with Crippen LogP contribution >= 0.6 is 0 Å². The second-order valence-corrected chi connectivity index (χ2v) is 5.22. The number of ketones is 1. The summed E-state index contributed by atoms with van der Waals surface area (Å²) in [6.45, 7) is 4.24. The first-order valence-corrected chi connectivity index (χ1v) is 6.72. The Balaban J connectivity index is 2.53. The number of hydrogen-bond acceptors (Lipinski definition) is 3. The zero-order valence-electron chi connectivity index (χ0n) is 12.2. The predicted octanol–water partition coefficient (Wildman–Crippen LogP) is 1.73. The molecule has 5 nitrogen and oxygen atoms in total. The number of nitrogens with one attached hydrogen (secondary N) is 2. The number of Topliss-reactive ketones (excluding diaryl/α,β-unsaturated/α-hetero) is 1. The Hall–Kier alpha value is -2.24. The van der Waals surface area contributed by atoms with Crippen LogP contribution in [0.4, 0.5) is 10.1 Å². The average Bonchev–Trinajstić information content (AvgIpc) is 2.37. The van der Waals surface area contributed by atoms with Crippen LogP contribution in [-0.4, -0.2) is 23.6 Å². The Bertz CT molecular complexity index is 640. The van der Waals surface area contributed by atoms with Crippen molar-refractivity contribution < 1.29 is 18.8 Å². The van der Waals surface area contributed by atoms with E-state index in [2.05, 4.69) is 10.6 Å². The lowest BCUT2D eigenvalue weighted by molar-refractivity contribution is -0.119. The molecule has 6 heteroatoms. The van der Waals surface area contributed by atoms with E-state index >= 15 is 0 Å². The highest BCUT2D eigenvalue weighted by Crippen LogP contribution is 2.32. The van der Waals surface area contributed by atoms with E-state index in [-0.39, 0.29) is 23.3 Å². The molecule has 21 heavy (non-hydrogen) atoms. The van der Waals surface area contributed by atoms with Crippen LogP contribution in [-0.2, 0) is 16.0 Å². The molecule has 0 fully saturated rings. The molecule has 1 aliphatic carbocycles. The summed E-state index contributed by atoms with van der Waals surface area (Å²) in [5.74, 6) is -1.42. The van der Waals surface area contributed by atoms with E-state index in [0.29, 0.717) is 29.5 Å². The minimum atomic E-state index is -0.632. The standard InChI is InChI=1S/C15H17FN2O3/c1-7-10-4-5-12(17-8(2)19)15(21)14(10)13(6-11(7)16)18-9(3)20/h6,12H,4-5H2,1-3H3,(H,17,19)(H,18,20). The Morgan fingerprint density at radius 3 is 2.52 bits per heavy atom. The molecule has 1 atom stereocenters. The number of hydrogen-bond donors (Lipinski definition) is 2. The number of anilines is 1. The molecule has 2 amide bonds. The maximum atomic E-state index is 13.9. The van der Waals surface area contributed by atoms with Crippen molar-refractivity contribution in [2.75, 3.05) is 5.32 Å². The third-order valence-corrected chi connectivity index (χ3v) is 3.59. The van der Waals surface area contributed by atoms with E-state index in [9.17, 15) is 18.8 Å². The van der Waals surface area contributed by atoms with Crippen molar-refractivity contribution in [3.8, 4) is 0 Å². The van der Waals surface area contributed by atoms with Gasteiger partial charge in [-0.25, -0.2) is 4.39 Å². The van der Waals surface area contributed by atoms with E-state index in [1.807, 2.05) is 0 Å². The van der Waals surface area contributed by atoms with Gasteiger partial charge in [-0.1, -0.05) is 0 Å². The largest absolute Gasteiger partial charge is 0.346 e. The van der Waals surface area contributed by atoms with Crippen molar-refractivity contribution in [3.05, 3.63) is 28.6 Å². The minimum absolute atomic E-state index is 0.167. The van der Waals surface area contributed by atoms with E-state index in [4.69, 9.17) is 0 Å². The van der Waals surface area contributed by atoms with Crippen LogP contribution in [0.5, 0.6) is 0 Å². The van der Waals surface area contributed by atoms with Gasteiger partial charge in [0.25, 0.3) is 0 Å². The quantitative estimate of drug-likeness (QED) is 0.871. The summed E-state index contributed by atoms with van der Waals surface area (Å²) in [5.41, 5.74) is 1.48. The molecular formula is C15H17FN2O3. The van der Waals surface area contributed by atoms with Gasteiger partial charge in [0.05, 0.1) is 11.7 Å². The third kappa shape index (κ3) is 2.94. The molecule has 0 heterocycles. The molecular weight excluding hydrogens is 275 g/mol. The van der Waals surface area contributed by atoms with Gasteiger partial charge in [0.15, 0.2) is 5.78 Å². The zero-order valence-corrected chi connectivity index (χ0v) is 12.2. The van der Waals surface area contributed by atoms with E-state index in [1.165, 1.54) is 13.8 Å². The van der Waals surface area contributed by atoms with Gasteiger partial charge in [-0.15, -0.1) is 0 Å². The van der Waals surface area contributed by atoms with E-state index in [0.717, 1.165) is 6.07 Å². The zero-order chi connectivity index (χ0) is 15.7. The Morgan fingerprint density at radius 2 is 1.95 bits per heavy atom. The van der Waals surface area contributed by atoms with Gasteiger partial charge in [0.1, 0.15) is 5.82 Å². The van der Waals surface area contributed by atoms with Crippen molar-refractivity contribution >= 4 is 23.3 Å². The summed E-state index contributed by atoms with van der Waals surface area (Å²) in [4.78, 5) is 34.9. The molecule has 1 unspecified atom stereocenters. The number of carbonyl (C=O) groups is 3. The maximum Gasteiger partial charge on any atom is 0.221 e. The Kier molecular flexibility index (Phi) is 4.06. The van der Waals surface area contributed by atoms with Crippen molar-refractivity contribution in [2.45, 2.75) is 39.7 Å². The number of amides is 2. The highest BCUT2D eigenvalue weighted by atomic mass is 19.1. The SMILES string of the molecule is CC(=O)Nc1cc(F)c(C)c2c1C(=O)C(NC(C)=O)CC2. The smallest absolute Gasteiger partial charge is 0.221 e. The van der Waals surface area contributed by atoms with Gasteiger partial charge in [0, 0.05) is 19.4 Å². The number of fused-ring (bicyclic) bond motifs is 1. The third-order valence-electron chi connectivity index (χ3n) is 3.59. The number of carbonyl (C=O) groups excluding carboxylic acids is 3. The van der Waals surface area contributed by atoms with Crippen molar-refractivity contribution in [1.29, 1.82) is 0 Å².